The van der Waals surface area contributed by atoms with Gasteiger partial charge in [-0.3, -0.25) is 20.4 Å². The van der Waals surface area contributed by atoms with Crippen LogP contribution >= 0.6 is 0 Å². The fourth-order valence-electron chi connectivity index (χ4n) is 3.98. The van der Waals surface area contributed by atoms with Crippen molar-refractivity contribution in [2.45, 2.75) is 18.9 Å². The molecule has 1 atom stereocenters. The number of benzene rings is 3. The highest BCUT2D eigenvalue weighted by atomic mass is 19.1. The molecular weight excluding hydrogens is 437 g/mol. The van der Waals surface area contributed by atoms with Gasteiger partial charge in [-0.1, -0.05) is 30.3 Å². The van der Waals surface area contributed by atoms with Gasteiger partial charge in [-0.25, -0.2) is 4.39 Å². The number of fused-ring (bicyclic) bond motifs is 2. The summed E-state index contributed by atoms with van der Waals surface area (Å²) in [6.45, 7) is 0.0507. The summed E-state index contributed by atoms with van der Waals surface area (Å²) in [7, 11) is 0. The minimum Gasteiger partial charge on any atom is -0.485 e. The van der Waals surface area contributed by atoms with Crippen LogP contribution in [0.3, 0.4) is 0 Å². The van der Waals surface area contributed by atoms with E-state index in [1.807, 2.05) is 30.3 Å². The molecule has 0 saturated carbocycles. The Morgan fingerprint density at radius 3 is 2.50 bits per heavy atom. The lowest BCUT2D eigenvalue weighted by atomic mass is 10.0. The number of carbonyl (C=O) groups is 2. The van der Waals surface area contributed by atoms with Gasteiger partial charge < -0.3 is 14.5 Å². The van der Waals surface area contributed by atoms with Crippen molar-refractivity contribution in [2.24, 2.45) is 0 Å². The summed E-state index contributed by atoms with van der Waals surface area (Å²) in [4.78, 5) is 28.3. The van der Waals surface area contributed by atoms with Gasteiger partial charge in [-0.2, -0.15) is 0 Å². The Bertz CT molecular complexity index is 1350. The molecule has 172 valence electrons. The van der Waals surface area contributed by atoms with E-state index in [0.29, 0.717) is 17.9 Å². The van der Waals surface area contributed by atoms with Gasteiger partial charge in [0, 0.05) is 23.0 Å². The van der Waals surface area contributed by atoms with E-state index >= 15 is 0 Å². The lowest BCUT2D eigenvalue weighted by Gasteiger charge is -2.25. The summed E-state index contributed by atoms with van der Waals surface area (Å²) in [5, 5.41) is 0.991. The minimum atomic E-state index is -0.867. The first-order valence-electron chi connectivity index (χ1n) is 10.9. The maximum Gasteiger partial charge on any atom is 0.283 e. The third-order valence-electron chi connectivity index (χ3n) is 5.67. The van der Waals surface area contributed by atoms with Gasteiger partial charge in [0.2, 0.25) is 12.0 Å². The molecule has 5 rings (SSSR count). The standard InChI is InChI=1S/C26H22FN3O4/c27-17-11-9-16(10-12-17)25-19(18-5-1-2-6-20(18)28-25)13-14-24(31)29-30-26(32)23-15-33-21-7-3-4-8-22(21)34-23/h1-12,23,28H,13-15H2,(H,29,31)(H,30,32). The molecule has 8 heteroatoms. The molecule has 0 saturated heterocycles. The summed E-state index contributed by atoms with van der Waals surface area (Å²) in [6, 6.07) is 21.1. The second-order valence-electron chi connectivity index (χ2n) is 7.93. The van der Waals surface area contributed by atoms with E-state index in [9.17, 15) is 14.0 Å². The van der Waals surface area contributed by atoms with Crippen LogP contribution in [0.2, 0.25) is 0 Å². The quantitative estimate of drug-likeness (QED) is 0.395. The van der Waals surface area contributed by atoms with Gasteiger partial charge >= 0.3 is 0 Å². The second kappa shape index (κ2) is 9.27. The highest BCUT2D eigenvalue weighted by molar-refractivity contribution is 5.91. The topological polar surface area (TPSA) is 92.5 Å². The Kier molecular flexibility index (Phi) is 5.86. The molecule has 0 bridgehead atoms. The normalized spacial score (nSPS) is 14.6. The van der Waals surface area contributed by atoms with Crippen LogP contribution in [0.1, 0.15) is 12.0 Å². The molecule has 1 aliphatic rings. The molecule has 0 radical (unpaired) electrons. The van der Waals surface area contributed by atoms with Crippen LogP contribution in [0.5, 0.6) is 11.5 Å². The molecule has 1 unspecified atom stereocenters. The van der Waals surface area contributed by atoms with Gasteiger partial charge in [-0.15, -0.1) is 0 Å². The molecular formula is C26H22FN3O4. The Morgan fingerprint density at radius 1 is 0.941 bits per heavy atom. The SMILES string of the molecule is O=C(CCc1c(-c2ccc(F)cc2)[nH]c2ccccc12)NNC(=O)C1COc2ccccc2O1. The van der Waals surface area contributed by atoms with E-state index in [-0.39, 0.29) is 24.8 Å². The van der Waals surface area contributed by atoms with Crippen LogP contribution in [0, 0.1) is 5.82 Å². The zero-order chi connectivity index (χ0) is 23.5. The van der Waals surface area contributed by atoms with E-state index in [4.69, 9.17) is 9.47 Å². The van der Waals surface area contributed by atoms with Gasteiger partial charge in [0.05, 0.1) is 0 Å². The van der Waals surface area contributed by atoms with E-state index in [1.165, 1.54) is 12.1 Å². The van der Waals surface area contributed by atoms with Crippen LogP contribution in [-0.2, 0) is 16.0 Å². The van der Waals surface area contributed by atoms with Crippen LogP contribution in [0.4, 0.5) is 4.39 Å². The highest BCUT2D eigenvalue weighted by Gasteiger charge is 2.27. The van der Waals surface area contributed by atoms with E-state index in [2.05, 4.69) is 15.8 Å². The molecule has 3 aromatic carbocycles. The van der Waals surface area contributed by atoms with E-state index in [1.54, 1.807) is 30.3 Å². The largest absolute Gasteiger partial charge is 0.485 e. The number of hydrogen-bond donors (Lipinski definition) is 3. The molecule has 3 N–H and O–H groups in total. The number of hydrogen-bond acceptors (Lipinski definition) is 4. The first-order valence-corrected chi connectivity index (χ1v) is 10.9. The number of aromatic amines is 1. The maximum atomic E-state index is 13.4. The van der Waals surface area contributed by atoms with Crippen LogP contribution in [0.15, 0.2) is 72.8 Å². The molecule has 2 amide bonds. The summed E-state index contributed by atoms with van der Waals surface area (Å²) >= 11 is 0. The van der Waals surface area contributed by atoms with E-state index < -0.39 is 12.0 Å². The summed E-state index contributed by atoms with van der Waals surface area (Å²) in [6.07, 6.45) is -0.301. The number of hydrazine groups is 1. The third-order valence-corrected chi connectivity index (χ3v) is 5.67. The number of aryl methyl sites for hydroxylation is 1. The monoisotopic (exact) mass is 459 g/mol. The molecule has 2 heterocycles. The van der Waals surface area contributed by atoms with Crippen molar-refractivity contribution in [2.75, 3.05) is 6.61 Å². The molecule has 0 aliphatic carbocycles. The van der Waals surface area contributed by atoms with Crippen LogP contribution in [0.25, 0.3) is 22.2 Å². The zero-order valence-corrected chi connectivity index (χ0v) is 18.1. The van der Waals surface area contributed by atoms with Gasteiger partial charge in [0.15, 0.2) is 11.5 Å². The number of nitrogens with one attached hydrogen (secondary N) is 3. The number of amides is 2. The number of halogens is 1. The van der Waals surface area contributed by atoms with Gasteiger partial charge in [0.1, 0.15) is 12.4 Å². The minimum absolute atomic E-state index is 0.0507. The Balaban J connectivity index is 1.23. The number of H-pyrrole nitrogens is 1. The second-order valence-corrected chi connectivity index (χ2v) is 7.93. The van der Waals surface area contributed by atoms with Crippen molar-refractivity contribution < 1.29 is 23.5 Å². The summed E-state index contributed by atoms with van der Waals surface area (Å²) < 4.78 is 24.6. The third kappa shape index (κ3) is 4.43. The predicted octanol–water partition coefficient (Wildman–Crippen LogP) is 3.89. The average Bonchev–Trinajstić information content (AvgIpc) is 3.24. The van der Waals surface area contributed by atoms with Gasteiger partial charge in [0.25, 0.3) is 5.91 Å². The molecule has 0 fully saturated rings. The summed E-state index contributed by atoms with van der Waals surface area (Å²) in [5.74, 6) is -0.103. The molecule has 4 aromatic rings. The van der Waals surface area contributed by atoms with Crippen molar-refractivity contribution in [3.05, 3.63) is 84.2 Å². The number of carbonyl (C=O) groups excluding carboxylic acids is 2. The maximum absolute atomic E-state index is 13.4. The lowest BCUT2D eigenvalue weighted by Crippen LogP contribution is -2.50. The number of aromatic nitrogens is 1. The Morgan fingerprint density at radius 2 is 1.68 bits per heavy atom. The first kappa shape index (κ1) is 21.5. The fourth-order valence-corrected chi connectivity index (χ4v) is 3.98. The molecule has 1 aliphatic heterocycles. The van der Waals surface area contributed by atoms with Gasteiger partial charge in [-0.05, 0) is 60.0 Å². The number of rotatable bonds is 5. The number of para-hydroxylation sites is 3. The lowest BCUT2D eigenvalue weighted by molar-refractivity contribution is -0.135. The smallest absolute Gasteiger partial charge is 0.283 e. The average molecular weight is 459 g/mol. The van der Waals surface area contributed by atoms with Crippen molar-refractivity contribution in [1.29, 1.82) is 0 Å². The molecule has 34 heavy (non-hydrogen) atoms. The molecule has 7 nitrogen and oxygen atoms in total. The molecule has 1 aromatic heterocycles. The molecule has 0 spiro atoms. The fraction of sp³-hybridized carbons (Fsp3) is 0.154. The van der Waals surface area contributed by atoms with E-state index in [0.717, 1.165) is 27.7 Å². The van der Waals surface area contributed by atoms with Crippen molar-refractivity contribution in [1.82, 2.24) is 15.8 Å². The summed E-state index contributed by atoms with van der Waals surface area (Å²) in [5.41, 5.74) is 8.40. The van der Waals surface area contributed by atoms with Crippen LogP contribution in [-0.4, -0.2) is 29.5 Å². The van der Waals surface area contributed by atoms with Crippen molar-refractivity contribution in [3.63, 3.8) is 0 Å². The zero-order valence-electron chi connectivity index (χ0n) is 18.1. The Hall–Kier alpha value is -4.33. The number of ether oxygens (including phenoxy) is 2. The van der Waals surface area contributed by atoms with Crippen molar-refractivity contribution in [3.8, 4) is 22.8 Å². The predicted molar refractivity (Wildman–Crippen MR) is 125 cm³/mol. The van der Waals surface area contributed by atoms with Crippen LogP contribution < -0.4 is 20.3 Å². The Labute approximate surface area is 194 Å². The first-order chi connectivity index (χ1) is 16.6. The highest BCUT2D eigenvalue weighted by Crippen LogP contribution is 2.32. The van der Waals surface area contributed by atoms with Crippen molar-refractivity contribution >= 4 is 22.7 Å².